The van der Waals surface area contributed by atoms with Gasteiger partial charge in [0.05, 0.1) is 0 Å². The maximum absolute atomic E-state index is 11.3. The van der Waals surface area contributed by atoms with Crippen LogP contribution in [0.5, 0.6) is 0 Å². The number of fused-ring (bicyclic) bond motifs is 1. The van der Waals surface area contributed by atoms with Crippen LogP contribution in [0, 0.1) is 18.3 Å². The largest absolute Gasteiger partial charge is 0.328 e. The number of likely N-dealkylation sites (tertiary alicyclic amines) is 1. The van der Waals surface area contributed by atoms with Crippen LogP contribution in [0.3, 0.4) is 0 Å². The minimum Gasteiger partial charge on any atom is -0.328 e. The molecule has 2 atom stereocenters. The van der Waals surface area contributed by atoms with E-state index < -0.39 is 0 Å². The van der Waals surface area contributed by atoms with Gasteiger partial charge in [-0.1, -0.05) is 19.3 Å². The summed E-state index contributed by atoms with van der Waals surface area (Å²) in [6.07, 6.45) is 11.5. The molecule has 1 aliphatic heterocycles. The molecular weight excluding hydrogens is 162 g/mol. The molecule has 2 fully saturated rings. The molecule has 0 spiro atoms. The highest BCUT2D eigenvalue weighted by atomic mass is 16.2. The lowest BCUT2D eigenvalue weighted by Crippen LogP contribution is -2.57. The second-order valence-corrected chi connectivity index (χ2v) is 4.07. The van der Waals surface area contributed by atoms with Crippen LogP contribution in [-0.2, 0) is 4.79 Å². The summed E-state index contributed by atoms with van der Waals surface area (Å²) >= 11 is 0. The predicted octanol–water partition coefficient (Wildman–Crippen LogP) is 1.41. The van der Waals surface area contributed by atoms with Crippen molar-refractivity contribution in [2.75, 3.05) is 6.54 Å². The maximum atomic E-state index is 11.3. The molecule has 0 aromatic carbocycles. The third-order valence-electron chi connectivity index (χ3n) is 3.33. The Morgan fingerprint density at radius 3 is 2.85 bits per heavy atom. The highest BCUT2D eigenvalue weighted by Gasteiger charge is 2.40. The van der Waals surface area contributed by atoms with Crippen molar-refractivity contribution in [3.05, 3.63) is 0 Å². The van der Waals surface area contributed by atoms with Crippen molar-refractivity contribution in [2.45, 2.75) is 38.1 Å². The Balaban J connectivity index is 1.98. The highest BCUT2D eigenvalue weighted by Crippen LogP contribution is 2.35. The van der Waals surface area contributed by atoms with Gasteiger partial charge in [0.2, 0.25) is 0 Å². The molecule has 13 heavy (non-hydrogen) atoms. The average molecular weight is 177 g/mol. The normalized spacial score (nSPS) is 32.4. The highest BCUT2D eigenvalue weighted by molar-refractivity contribution is 5.93. The summed E-state index contributed by atoms with van der Waals surface area (Å²) in [5, 5.41) is 0. The second kappa shape index (κ2) is 3.41. The lowest BCUT2D eigenvalue weighted by atomic mass is 9.84. The minimum absolute atomic E-state index is 0.108. The Labute approximate surface area is 79.3 Å². The van der Waals surface area contributed by atoms with Gasteiger partial charge < -0.3 is 4.90 Å². The first-order chi connectivity index (χ1) is 6.33. The molecule has 0 aromatic rings. The summed E-state index contributed by atoms with van der Waals surface area (Å²) in [5.41, 5.74) is 0. The van der Waals surface area contributed by atoms with Crippen LogP contribution in [0.15, 0.2) is 0 Å². The molecule has 1 saturated heterocycles. The Kier molecular flexibility index (Phi) is 2.26. The van der Waals surface area contributed by atoms with Crippen molar-refractivity contribution in [3.8, 4) is 12.3 Å². The van der Waals surface area contributed by atoms with Crippen molar-refractivity contribution in [1.29, 1.82) is 0 Å². The Bertz CT molecular complexity index is 253. The van der Waals surface area contributed by atoms with Gasteiger partial charge in [-0.2, -0.15) is 0 Å². The van der Waals surface area contributed by atoms with Crippen LogP contribution in [0.4, 0.5) is 0 Å². The van der Waals surface area contributed by atoms with E-state index in [1.165, 1.54) is 25.7 Å². The van der Waals surface area contributed by atoms with Gasteiger partial charge in [-0.25, -0.2) is 0 Å². The van der Waals surface area contributed by atoms with E-state index in [-0.39, 0.29) is 5.91 Å². The van der Waals surface area contributed by atoms with Crippen LogP contribution >= 0.6 is 0 Å². The van der Waals surface area contributed by atoms with Gasteiger partial charge in [-0.05, 0) is 24.7 Å². The van der Waals surface area contributed by atoms with Crippen molar-refractivity contribution >= 4 is 5.91 Å². The van der Waals surface area contributed by atoms with Crippen molar-refractivity contribution < 1.29 is 4.79 Å². The predicted molar refractivity (Wildman–Crippen MR) is 50.9 cm³/mol. The Morgan fingerprint density at radius 1 is 1.31 bits per heavy atom. The number of carbonyl (C=O) groups is 1. The molecule has 70 valence electrons. The van der Waals surface area contributed by atoms with Gasteiger partial charge in [-0.3, -0.25) is 4.79 Å². The fourth-order valence-electron chi connectivity index (χ4n) is 2.55. The second-order valence-electron chi connectivity index (χ2n) is 4.07. The fourth-order valence-corrected chi connectivity index (χ4v) is 2.55. The van der Waals surface area contributed by atoms with Crippen LogP contribution in [0.1, 0.15) is 32.1 Å². The van der Waals surface area contributed by atoms with Gasteiger partial charge in [0, 0.05) is 12.6 Å². The van der Waals surface area contributed by atoms with E-state index >= 15 is 0 Å². The molecular formula is C11H15NO. The number of carbonyl (C=O) groups excluding carboxylic acids is 1. The van der Waals surface area contributed by atoms with Gasteiger partial charge in [-0.15, -0.1) is 6.42 Å². The lowest BCUT2D eigenvalue weighted by Gasteiger charge is -2.46. The molecule has 2 nitrogen and oxygen atoms in total. The van der Waals surface area contributed by atoms with Crippen LogP contribution < -0.4 is 0 Å². The van der Waals surface area contributed by atoms with Crippen molar-refractivity contribution in [2.24, 2.45) is 5.92 Å². The fraction of sp³-hybridized carbons (Fsp3) is 0.727. The third kappa shape index (κ3) is 1.44. The standard InChI is InChI=1S/C11H15NO/c1-2-11(13)12-8-9-6-4-3-5-7-10(9)12/h1,9-10H,3-8H2. The number of terminal acetylenes is 1. The Hall–Kier alpha value is -0.970. The smallest absolute Gasteiger partial charge is 0.298 e. The van der Waals surface area contributed by atoms with E-state index in [1.54, 1.807) is 0 Å². The molecule has 2 heteroatoms. The van der Waals surface area contributed by atoms with E-state index in [2.05, 4.69) is 5.92 Å². The molecule has 1 heterocycles. The molecule has 2 aliphatic rings. The van der Waals surface area contributed by atoms with Crippen LogP contribution in [-0.4, -0.2) is 23.4 Å². The van der Waals surface area contributed by atoms with E-state index in [0.717, 1.165) is 18.9 Å². The van der Waals surface area contributed by atoms with E-state index in [0.29, 0.717) is 6.04 Å². The van der Waals surface area contributed by atoms with Crippen LogP contribution in [0.2, 0.25) is 0 Å². The minimum atomic E-state index is -0.108. The number of nitrogens with zero attached hydrogens (tertiary/aromatic N) is 1. The van der Waals surface area contributed by atoms with Gasteiger partial charge in [0.25, 0.3) is 5.91 Å². The number of hydrogen-bond donors (Lipinski definition) is 0. The third-order valence-corrected chi connectivity index (χ3v) is 3.33. The summed E-state index contributed by atoms with van der Waals surface area (Å²) < 4.78 is 0. The monoisotopic (exact) mass is 177 g/mol. The molecule has 0 radical (unpaired) electrons. The first-order valence-corrected chi connectivity index (χ1v) is 5.10. The molecule has 0 N–H and O–H groups in total. The lowest BCUT2D eigenvalue weighted by molar-refractivity contribution is -0.137. The SMILES string of the molecule is C#CC(=O)N1CC2CCCCCC21. The molecule has 1 saturated carbocycles. The van der Waals surface area contributed by atoms with Crippen molar-refractivity contribution in [1.82, 2.24) is 4.90 Å². The molecule has 1 amide bonds. The van der Waals surface area contributed by atoms with Gasteiger partial charge >= 0.3 is 0 Å². The van der Waals surface area contributed by atoms with Gasteiger partial charge in [0.15, 0.2) is 0 Å². The number of rotatable bonds is 0. The zero-order valence-electron chi connectivity index (χ0n) is 7.83. The van der Waals surface area contributed by atoms with E-state index in [9.17, 15) is 4.79 Å². The molecule has 0 bridgehead atoms. The van der Waals surface area contributed by atoms with Crippen LogP contribution in [0.25, 0.3) is 0 Å². The molecule has 0 aromatic heterocycles. The maximum Gasteiger partial charge on any atom is 0.298 e. The van der Waals surface area contributed by atoms with Gasteiger partial charge in [0.1, 0.15) is 0 Å². The summed E-state index contributed by atoms with van der Waals surface area (Å²) in [7, 11) is 0. The molecule has 2 unspecified atom stereocenters. The van der Waals surface area contributed by atoms with E-state index in [1.807, 2.05) is 4.90 Å². The quantitative estimate of drug-likeness (QED) is 0.512. The average Bonchev–Trinajstić information content (AvgIpc) is 2.29. The van der Waals surface area contributed by atoms with Crippen molar-refractivity contribution in [3.63, 3.8) is 0 Å². The summed E-state index contributed by atoms with van der Waals surface area (Å²) in [6.45, 7) is 0.910. The zero-order valence-corrected chi connectivity index (χ0v) is 7.83. The first-order valence-electron chi connectivity index (χ1n) is 5.10. The first kappa shape index (κ1) is 8.62. The molecule has 2 rings (SSSR count). The molecule has 1 aliphatic carbocycles. The summed E-state index contributed by atoms with van der Waals surface area (Å²) in [6, 6.07) is 0.478. The Morgan fingerprint density at radius 2 is 2.08 bits per heavy atom. The number of amides is 1. The number of hydrogen-bond acceptors (Lipinski definition) is 1. The van der Waals surface area contributed by atoms with E-state index in [4.69, 9.17) is 6.42 Å². The topological polar surface area (TPSA) is 20.3 Å². The summed E-state index contributed by atoms with van der Waals surface area (Å²) in [4.78, 5) is 13.1. The zero-order chi connectivity index (χ0) is 9.26. The summed E-state index contributed by atoms with van der Waals surface area (Å²) in [5.74, 6) is 2.85.